The molecule has 0 fully saturated rings. The smallest absolute Gasteiger partial charge is 0.126 e. The van der Waals surface area contributed by atoms with Crippen LogP contribution < -0.4 is 5.32 Å². The van der Waals surface area contributed by atoms with E-state index in [1.54, 1.807) is 10.9 Å². The Hall–Kier alpha value is -1.75. The first kappa shape index (κ1) is 11.7. The third-order valence-electron chi connectivity index (χ3n) is 2.33. The van der Waals surface area contributed by atoms with E-state index in [-0.39, 0.29) is 0 Å². The fourth-order valence-electron chi connectivity index (χ4n) is 1.57. The zero-order valence-electron chi connectivity index (χ0n) is 9.24. The number of aromatic nitrogens is 2. The van der Waals surface area contributed by atoms with Crippen LogP contribution in [0.2, 0.25) is 0 Å². The second-order valence-corrected chi connectivity index (χ2v) is 3.72. The predicted octanol–water partition coefficient (Wildman–Crippen LogP) is 1.95. The molecule has 2 aromatic rings. The van der Waals surface area contributed by atoms with Crippen molar-refractivity contribution in [3.05, 3.63) is 53.9 Å². The molecule has 1 heterocycles. The third kappa shape index (κ3) is 3.64. The lowest BCUT2D eigenvalue weighted by Gasteiger charge is -2.05. The summed E-state index contributed by atoms with van der Waals surface area (Å²) in [6.45, 7) is 1.86. The summed E-state index contributed by atoms with van der Waals surface area (Å²) in [6.07, 6.45) is 3.57. The van der Waals surface area contributed by atoms with E-state index in [4.69, 9.17) is 0 Å². The molecule has 3 nitrogen and oxygen atoms in total. The molecule has 2 rings (SSSR count). The highest BCUT2D eigenvalue weighted by molar-refractivity contribution is 5.17. The Bertz CT molecular complexity index is 448. The number of rotatable bonds is 5. The van der Waals surface area contributed by atoms with E-state index >= 15 is 0 Å². The van der Waals surface area contributed by atoms with Gasteiger partial charge in [-0.05, 0) is 23.8 Å². The largest absolute Gasteiger partial charge is 0.311 e. The van der Waals surface area contributed by atoms with Crippen LogP contribution in [0, 0.1) is 11.6 Å². The van der Waals surface area contributed by atoms with E-state index in [0.717, 1.165) is 12.6 Å². The van der Waals surface area contributed by atoms with Crippen molar-refractivity contribution in [1.29, 1.82) is 0 Å². The van der Waals surface area contributed by atoms with Crippen LogP contribution in [-0.4, -0.2) is 16.3 Å². The van der Waals surface area contributed by atoms with Crippen molar-refractivity contribution in [3.8, 4) is 0 Å². The summed E-state index contributed by atoms with van der Waals surface area (Å²) >= 11 is 0. The van der Waals surface area contributed by atoms with E-state index in [1.165, 1.54) is 12.1 Å². The van der Waals surface area contributed by atoms with Gasteiger partial charge in [0, 0.05) is 31.5 Å². The average molecular weight is 237 g/mol. The van der Waals surface area contributed by atoms with E-state index in [0.29, 0.717) is 18.7 Å². The highest BCUT2D eigenvalue weighted by atomic mass is 19.1. The van der Waals surface area contributed by atoms with Gasteiger partial charge in [0.25, 0.3) is 0 Å². The van der Waals surface area contributed by atoms with E-state index in [1.807, 2.05) is 12.3 Å². The monoisotopic (exact) mass is 237 g/mol. The lowest BCUT2D eigenvalue weighted by atomic mass is 10.2. The van der Waals surface area contributed by atoms with Gasteiger partial charge in [-0.15, -0.1) is 0 Å². The molecule has 1 aromatic carbocycles. The number of hydrogen-bond acceptors (Lipinski definition) is 2. The number of nitrogens with one attached hydrogen (secondary N) is 1. The van der Waals surface area contributed by atoms with Gasteiger partial charge in [0.1, 0.15) is 11.6 Å². The molecule has 90 valence electrons. The maximum absolute atomic E-state index is 12.9. The molecule has 0 bridgehead atoms. The molecule has 0 saturated carbocycles. The van der Waals surface area contributed by atoms with Gasteiger partial charge in [0.2, 0.25) is 0 Å². The molecule has 0 spiro atoms. The molecule has 0 aliphatic rings. The minimum Gasteiger partial charge on any atom is -0.311 e. The zero-order chi connectivity index (χ0) is 12.1. The second kappa shape index (κ2) is 5.54. The van der Waals surface area contributed by atoms with Crippen LogP contribution in [0.5, 0.6) is 0 Å². The molecule has 5 heteroatoms. The van der Waals surface area contributed by atoms with Gasteiger partial charge in [-0.2, -0.15) is 5.10 Å². The summed E-state index contributed by atoms with van der Waals surface area (Å²) in [5.41, 5.74) is 0.600. The van der Waals surface area contributed by atoms with Crippen LogP contribution in [0.15, 0.2) is 36.7 Å². The molecule has 0 radical (unpaired) electrons. The Morgan fingerprint density at radius 3 is 2.59 bits per heavy atom. The molecule has 0 aliphatic carbocycles. The molecular formula is C12H13F2N3. The maximum atomic E-state index is 12.9. The first-order valence-electron chi connectivity index (χ1n) is 5.37. The molecule has 0 aliphatic heterocycles. The molecule has 0 atom stereocenters. The molecule has 0 amide bonds. The normalized spacial score (nSPS) is 10.7. The van der Waals surface area contributed by atoms with Gasteiger partial charge in [-0.3, -0.25) is 4.68 Å². The first-order valence-corrected chi connectivity index (χ1v) is 5.37. The lowest BCUT2D eigenvalue weighted by molar-refractivity contribution is 0.547. The second-order valence-electron chi connectivity index (χ2n) is 3.72. The number of hydrogen-bond donors (Lipinski definition) is 1. The van der Waals surface area contributed by atoms with Gasteiger partial charge in [0.15, 0.2) is 0 Å². The van der Waals surface area contributed by atoms with Crippen molar-refractivity contribution in [2.24, 2.45) is 0 Å². The summed E-state index contributed by atoms with van der Waals surface area (Å²) in [4.78, 5) is 0. The first-order chi connectivity index (χ1) is 8.24. The van der Waals surface area contributed by atoms with Crippen molar-refractivity contribution in [2.45, 2.75) is 13.1 Å². The van der Waals surface area contributed by atoms with Gasteiger partial charge < -0.3 is 5.32 Å². The summed E-state index contributed by atoms with van der Waals surface area (Å²) in [5, 5.41) is 7.15. The number of halogens is 2. The summed E-state index contributed by atoms with van der Waals surface area (Å²) in [6, 6.07) is 5.36. The average Bonchev–Trinajstić information content (AvgIpc) is 2.76. The van der Waals surface area contributed by atoms with Crippen LogP contribution in [0.3, 0.4) is 0 Å². The SMILES string of the molecule is Fc1cc(F)cc(CNCCn2cccn2)c1. The van der Waals surface area contributed by atoms with Crippen molar-refractivity contribution in [1.82, 2.24) is 15.1 Å². The standard InChI is InChI=1S/C12H13F2N3/c13-11-6-10(7-12(14)8-11)9-15-3-5-17-4-1-2-16-17/h1-2,4,6-8,15H,3,5,9H2. The fourth-order valence-corrected chi connectivity index (χ4v) is 1.57. The molecule has 0 unspecified atom stereocenters. The Balaban J connectivity index is 1.78. The van der Waals surface area contributed by atoms with Gasteiger partial charge in [-0.1, -0.05) is 0 Å². The number of benzene rings is 1. The molecule has 1 aromatic heterocycles. The van der Waals surface area contributed by atoms with Crippen molar-refractivity contribution >= 4 is 0 Å². The molecule has 1 N–H and O–H groups in total. The lowest BCUT2D eigenvalue weighted by Crippen LogP contribution is -2.19. The van der Waals surface area contributed by atoms with Crippen LogP contribution in [0.1, 0.15) is 5.56 Å². The van der Waals surface area contributed by atoms with Crippen LogP contribution >= 0.6 is 0 Å². The van der Waals surface area contributed by atoms with E-state index < -0.39 is 11.6 Å². The number of nitrogens with zero attached hydrogens (tertiary/aromatic N) is 2. The van der Waals surface area contributed by atoms with Crippen LogP contribution in [0.25, 0.3) is 0 Å². The molecule has 17 heavy (non-hydrogen) atoms. The highest BCUT2D eigenvalue weighted by Gasteiger charge is 2.00. The minimum atomic E-state index is -0.547. The van der Waals surface area contributed by atoms with Crippen molar-refractivity contribution in [3.63, 3.8) is 0 Å². The van der Waals surface area contributed by atoms with Crippen molar-refractivity contribution in [2.75, 3.05) is 6.54 Å². The van der Waals surface area contributed by atoms with E-state index in [9.17, 15) is 8.78 Å². The van der Waals surface area contributed by atoms with Crippen LogP contribution in [-0.2, 0) is 13.1 Å². The zero-order valence-corrected chi connectivity index (χ0v) is 9.24. The summed E-state index contributed by atoms with van der Waals surface area (Å²) in [7, 11) is 0. The fraction of sp³-hybridized carbons (Fsp3) is 0.250. The summed E-state index contributed by atoms with van der Waals surface area (Å²) in [5.74, 6) is -1.09. The summed E-state index contributed by atoms with van der Waals surface area (Å²) < 4.78 is 27.5. The Kier molecular flexibility index (Phi) is 3.82. The Morgan fingerprint density at radius 1 is 1.18 bits per heavy atom. The molecular weight excluding hydrogens is 224 g/mol. The predicted molar refractivity (Wildman–Crippen MR) is 60.3 cm³/mol. The molecule has 0 saturated heterocycles. The van der Waals surface area contributed by atoms with Crippen molar-refractivity contribution < 1.29 is 8.78 Å². The maximum Gasteiger partial charge on any atom is 0.126 e. The Labute approximate surface area is 98.1 Å². The van der Waals surface area contributed by atoms with Crippen LogP contribution in [0.4, 0.5) is 8.78 Å². The van der Waals surface area contributed by atoms with E-state index in [2.05, 4.69) is 10.4 Å². The van der Waals surface area contributed by atoms with Gasteiger partial charge >= 0.3 is 0 Å². The topological polar surface area (TPSA) is 29.9 Å². The van der Waals surface area contributed by atoms with Gasteiger partial charge in [0.05, 0.1) is 6.54 Å². The highest BCUT2D eigenvalue weighted by Crippen LogP contribution is 2.07. The Morgan fingerprint density at radius 2 is 1.94 bits per heavy atom. The minimum absolute atomic E-state index is 0.440. The van der Waals surface area contributed by atoms with Gasteiger partial charge in [-0.25, -0.2) is 8.78 Å². The third-order valence-corrected chi connectivity index (χ3v) is 2.33. The quantitative estimate of drug-likeness (QED) is 0.805.